The fourth-order valence-corrected chi connectivity index (χ4v) is 1.37. The van der Waals surface area contributed by atoms with Gasteiger partial charge in [-0.15, -0.1) is 0 Å². The molecule has 80 valence electrons. The summed E-state index contributed by atoms with van der Waals surface area (Å²) in [7, 11) is 0. The minimum Gasteiger partial charge on any atom is -0.478 e. The lowest BCUT2D eigenvalue weighted by molar-refractivity contribution is -0.131. The molecule has 1 unspecified atom stereocenters. The predicted octanol–water partition coefficient (Wildman–Crippen LogP) is 1.79. The molecule has 0 saturated carbocycles. The molecule has 1 rings (SSSR count). The fraction of sp³-hybridized carbons (Fsp3) is 0.250. The van der Waals surface area contributed by atoms with Gasteiger partial charge in [0.25, 0.3) is 0 Å². The monoisotopic (exact) mass is 206 g/mol. The van der Waals surface area contributed by atoms with Crippen molar-refractivity contribution in [2.75, 3.05) is 6.61 Å². The molecule has 3 nitrogen and oxygen atoms in total. The van der Waals surface area contributed by atoms with Gasteiger partial charge >= 0.3 is 5.97 Å². The average molecular weight is 206 g/mol. The predicted molar refractivity (Wildman–Crippen MR) is 57.7 cm³/mol. The molecule has 0 heterocycles. The Hall–Kier alpha value is -1.61. The summed E-state index contributed by atoms with van der Waals surface area (Å²) >= 11 is 0. The Bertz CT molecular complexity index is 330. The molecule has 0 aliphatic rings. The lowest BCUT2D eigenvalue weighted by Gasteiger charge is -2.11. The summed E-state index contributed by atoms with van der Waals surface area (Å²) in [6, 6.07) is 9.56. The Kier molecular flexibility index (Phi) is 4.57. The molecule has 0 fully saturated rings. The highest BCUT2D eigenvalue weighted by atomic mass is 16.4. The van der Waals surface area contributed by atoms with Crippen molar-refractivity contribution in [1.29, 1.82) is 0 Å². The molecule has 0 spiro atoms. The number of aliphatic hydroxyl groups is 1. The molecular weight excluding hydrogens is 192 g/mol. The number of hydrogen-bond donors (Lipinski definition) is 2. The van der Waals surface area contributed by atoms with Crippen molar-refractivity contribution in [1.82, 2.24) is 0 Å². The van der Waals surface area contributed by atoms with Crippen LogP contribution in [0.3, 0.4) is 0 Å². The van der Waals surface area contributed by atoms with E-state index in [4.69, 9.17) is 10.2 Å². The van der Waals surface area contributed by atoms with E-state index in [0.717, 1.165) is 11.6 Å². The van der Waals surface area contributed by atoms with Gasteiger partial charge in [-0.3, -0.25) is 0 Å². The zero-order valence-electron chi connectivity index (χ0n) is 8.34. The van der Waals surface area contributed by atoms with Gasteiger partial charge in [-0.2, -0.15) is 0 Å². The normalized spacial score (nSPS) is 12.9. The molecule has 0 bridgehead atoms. The van der Waals surface area contributed by atoms with Gasteiger partial charge in [0.05, 0.1) is 6.61 Å². The van der Waals surface area contributed by atoms with Crippen molar-refractivity contribution >= 4 is 5.97 Å². The standard InChI is InChI=1S/C12H14O3/c13-9-11(7-4-8-12(14)15)10-5-2-1-3-6-10/h1-6,8,11,13H,7,9H2,(H,14,15)/b8-4+. The van der Waals surface area contributed by atoms with Gasteiger partial charge in [0.1, 0.15) is 0 Å². The van der Waals surface area contributed by atoms with Crippen molar-refractivity contribution in [2.45, 2.75) is 12.3 Å². The molecule has 2 N–H and O–H groups in total. The fourth-order valence-electron chi connectivity index (χ4n) is 1.37. The van der Waals surface area contributed by atoms with Crippen molar-refractivity contribution in [3.63, 3.8) is 0 Å². The van der Waals surface area contributed by atoms with E-state index in [1.165, 1.54) is 0 Å². The van der Waals surface area contributed by atoms with Crippen molar-refractivity contribution < 1.29 is 15.0 Å². The van der Waals surface area contributed by atoms with Gasteiger partial charge in [-0.1, -0.05) is 36.4 Å². The first-order chi connectivity index (χ1) is 7.24. The van der Waals surface area contributed by atoms with Gasteiger partial charge in [0, 0.05) is 12.0 Å². The van der Waals surface area contributed by atoms with Crippen LogP contribution >= 0.6 is 0 Å². The second kappa shape index (κ2) is 5.98. The van der Waals surface area contributed by atoms with Crippen LogP contribution in [0.15, 0.2) is 42.5 Å². The lowest BCUT2D eigenvalue weighted by Crippen LogP contribution is -2.02. The molecule has 1 atom stereocenters. The highest BCUT2D eigenvalue weighted by Crippen LogP contribution is 2.18. The molecule has 0 amide bonds. The number of carboxylic acid groups (broad SMARTS) is 1. The van der Waals surface area contributed by atoms with E-state index in [2.05, 4.69) is 0 Å². The number of hydrogen-bond acceptors (Lipinski definition) is 2. The molecule has 3 heteroatoms. The maximum atomic E-state index is 10.3. The molecule has 0 radical (unpaired) electrons. The molecule has 1 aromatic carbocycles. The minimum absolute atomic E-state index is 0.0218. The molecule has 15 heavy (non-hydrogen) atoms. The first kappa shape index (κ1) is 11.5. The number of carboxylic acids is 1. The van der Waals surface area contributed by atoms with Crippen LogP contribution < -0.4 is 0 Å². The van der Waals surface area contributed by atoms with Gasteiger partial charge in [0.15, 0.2) is 0 Å². The van der Waals surface area contributed by atoms with Gasteiger partial charge in [-0.25, -0.2) is 4.79 Å². The second-order valence-electron chi connectivity index (χ2n) is 3.27. The number of aliphatic carboxylic acids is 1. The average Bonchev–Trinajstić information content (AvgIpc) is 2.25. The Labute approximate surface area is 88.7 Å². The maximum absolute atomic E-state index is 10.3. The quantitative estimate of drug-likeness (QED) is 0.722. The first-order valence-corrected chi connectivity index (χ1v) is 4.79. The van der Waals surface area contributed by atoms with E-state index in [1.54, 1.807) is 6.08 Å². The summed E-state index contributed by atoms with van der Waals surface area (Å²) in [5.41, 5.74) is 1.02. The number of rotatable bonds is 5. The van der Waals surface area contributed by atoms with Gasteiger partial charge < -0.3 is 10.2 Å². The molecule has 0 aliphatic heterocycles. The number of carbonyl (C=O) groups is 1. The Morgan fingerprint density at radius 3 is 2.53 bits per heavy atom. The van der Waals surface area contributed by atoms with Crippen molar-refractivity contribution in [3.05, 3.63) is 48.0 Å². The van der Waals surface area contributed by atoms with E-state index in [0.29, 0.717) is 6.42 Å². The number of aliphatic hydroxyl groups excluding tert-OH is 1. The van der Waals surface area contributed by atoms with E-state index in [-0.39, 0.29) is 12.5 Å². The maximum Gasteiger partial charge on any atom is 0.327 e. The Morgan fingerprint density at radius 1 is 1.33 bits per heavy atom. The smallest absolute Gasteiger partial charge is 0.327 e. The number of benzene rings is 1. The summed E-state index contributed by atoms with van der Waals surface area (Å²) in [6.07, 6.45) is 3.20. The largest absolute Gasteiger partial charge is 0.478 e. The third-order valence-electron chi connectivity index (χ3n) is 2.17. The second-order valence-corrected chi connectivity index (χ2v) is 3.27. The Morgan fingerprint density at radius 2 is 2.00 bits per heavy atom. The van der Waals surface area contributed by atoms with E-state index >= 15 is 0 Å². The minimum atomic E-state index is -0.959. The summed E-state index contributed by atoms with van der Waals surface area (Å²) in [6.45, 7) is 0.0218. The first-order valence-electron chi connectivity index (χ1n) is 4.79. The van der Waals surface area contributed by atoms with Gasteiger partial charge in [0.2, 0.25) is 0 Å². The molecule has 1 aromatic rings. The highest BCUT2D eigenvalue weighted by molar-refractivity contribution is 5.79. The summed E-state index contributed by atoms with van der Waals surface area (Å²) < 4.78 is 0. The summed E-state index contributed by atoms with van der Waals surface area (Å²) in [5, 5.41) is 17.6. The summed E-state index contributed by atoms with van der Waals surface area (Å²) in [4.78, 5) is 10.3. The molecule has 0 saturated heterocycles. The van der Waals surface area contributed by atoms with Crippen LogP contribution in [-0.4, -0.2) is 22.8 Å². The zero-order chi connectivity index (χ0) is 11.1. The van der Waals surface area contributed by atoms with Crippen molar-refractivity contribution in [3.8, 4) is 0 Å². The lowest BCUT2D eigenvalue weighted by atomic mass is 9.96. The molecular formula is C12H14O3. The van der Waals surface area contributed by atoms with Crippen LogP contribution in [-0.2, 0) is 4.79 Å². The van der Waals surface area contributed by atoms with Crippen LogP contribution in [0.25, 0.3) is 0 Å². The zero-order valence-corrected chi connectivity index (χ0v) is 8.34. The molecule has 0 aromatic heterocycles. The summed E-state index contributed by atoms with van der Waals surface area (Å²) in [5.74, 6) is -0.985. The van der Waals surface area contributed by atoms with Gasteiger partial charge in [-0.05, 0) is 12.0 Å². The van der Waals surface area contributed by atoms with Crippen LogP contribution in [0.5, 0.6) is 0 Å². The Balaban J connectivity index is 2.61. The number of allylic oxidation sites excluding steroid dienone is 1. The molecule has 0 aliphatic carbocycles. The SMILES string of the molecule is O=C(O)/C=C/CC(CO)c1ccccc1. The highest BCUT2D eigenvalue weighted by Gasteiger charge is 2.07. The van der Waals surface area contributed by atoms with Crippen molar-refractivity contribution in [2.24, 2.45) is 0 Å². The van der Waals surface area contributed by atoms with Crippen LogP contribution in [0, 0.1) is 0 Å². The van der Waals surface area contributed by atoms with Crippen LogP contribution in [0.2, 0.25) is 0 Å². The van der Waals surface area contributed by atoms with E-state index in [1.807, 2.05) is 30.3 Å². The van der Waals surface area contributed by atoms with E-state index < -0.39 is 5.97 Å². The third kappa shape index (κ3) is 3.95. The van der Waals surface area contributed by atoms with E-state index in [9.17, 15) is 4.79 Å². The third-order valence-corrected chi connectivity index (χ3v) is 2.17. The van der Waals surface area contributed by atoms with Crippen LogP contribution in [0.1, 0.15) is 17.9 Å². The topological polar surface area (TPSA) is 57.5 Å². The van der Waals surface area contributed by atoms with Crippen LogP contribution in [0.4, 0.5) is 0 Å².